The van der Waals surface area contributed by atoms with Crippen molar-refractivity contribution in [3.63, 3.8) is 0 Å². The minimum atomic E-state index is -0.275. The highest BCUT2D eigenvalue weighted by Crippen LogP contribution is 2.20. The van der Waals surface area contributed by atoms with E-state index in [4.69, 9.17) is 9.47 Å². The van der Waals surface area contributed by atoms with Gasteiger partial charge in [-0.05, 0) is 39.0 Å². The smallest absolute Gasteiger partial charge is 0.409 e. The number of amides is 2. The van der Waals surface area contributed by atoms with Gasteiger partial charge in [-0.2, -0.15) is 0 Å². The van der Waals surface area contributed by atoms with E-state index < -0.39 is 0 Å². The SMILES string of the molecule is CCOC(=O)C1CCCN(C(=O)C(C)N2CCCN(C(=O)OCC(C)C)CC2)C1. The van der Waals surface area contributed by atoms with E-state index in [-0.39, 0.29) is 29.9 Å². The molecule has 0 spiro atoms. The number of esters is 1. The molecule has 8 heteroatoms. The molecule has 166 valence electrons. The van der Waals surface area contributed by atoms with Crippen molar-refractivity contribution in [3.8, 4) is 0 Å². The molecule has 2 atom stereocenters. The van der Waals surface area contributed by atoms with Crippen molar-refractivity contribution < 1.29 is 23.9 Å². The van der Waals surface area contributed by atoms with Crippen LogP contribution in [0, 0.1) is 11.8 Å². The van der Waals surface area contributed by atoms with Crippen LogP contribution in [0.3, 0.4) is 0 Å². The van der Waals surface area contributed by atoms with Crippen LogP contribution in [-0.2, 0) is 19.1 Å². The number of piperidine rings is 1. The van der Waals surface area contributed by atoms with Gasteiger partial charge in [0.05, 0.1) is 25.2 Å². The lowest BCUT2D eigenvalue weighted by Gasteiger charge is -2.36. The maximum absolute atomic E-state index is 13.1. The van der Waals surface area contributed by atoms with Crippen LogP contribution in [0.4, 0.5) is 4.79 Å². The number of likely N-dealkylation sites (tertiary alicyclic amines) is 1. The first-order chi connectivity index (χ1) is 13.8. The number of hydrogen-bond acceptors (Lipinski definition) is 6. The van der Waals surface area contributed by atoms with Gasteiger partial charge in [0.15, 0.2) is 0 Å². The van der Waals surface area contributed by atoms with Crippen LogP contribution in [0.5, 0.6) is 0 Å². The van der Waals surface area contributed by atoms with E-state index in [0.717, 1.165) is 25.8 Å². The lowest BCUT2D eigenvalue weighted by atomic mass is 9.97. The van der Waals surface area contributed by atoms with E-state index in [1.165, 1.54) is 0 Å². The van der Waals surface area contributed by atoms with Gasteiger partial charge in [-0.25, -0.2) is 4.79 Å². The lowest BCUT2D eigenvalue weighted by molar-refractivity contribution is -0.152. The fourth-order valence-electron chi connectivity index (χ4n) is 3.89. The summed E-state index contributed by atoms with van der Waals surface area (Å²) >= 11 is 0. The number of nitrogens with zero attached hydrogens (tertiary/aromatic N) is 3. The third kappa shape index (κ3) is 6.87. The standard InChI is InChI=1S/C21H37N3O5/c1-5-28-20(26)18-8-6-9-24(14-18)19(25)17(4)22-10-7-11-23(13-12-22)21(27)29-15-16(2)3/h16-18H,5-15H2,1-4H3. The molecule has 8 nitrogen and oxygen atoms in total. The molecule has 2 aliphatic rings. The number of carbonyl (C=O) groups excluding carboxylic acids is 3. The summed E-state index contributed by atoms with van der Waals surface area (Å²) < 4.78 is 10.5. The third-order valence-electron chi connectivity index (χ3n) is 5.59. The Balaban J connectivity index is 1.87. The third-order valence-corrected chi connectivity index (χ3v) is 5.59. The summed E-state index contributed by atoms with van der Waals surface area (Å²) in [5.41, 5.74) is 0. The predicted molar refractivity (Wildman–Crippen MR) is 109 cm³/mol. The summed E-state index contributed by atoms with van der Waals surface area (Å²) in [6.07, 6.45) is 2.12. The number of rotatable bonds is 6. The Labute approximate surface area is 174 Å². The molecular weight excluding hydrogens is 374 g/mol. The maximum atomic E-state index is 13.1. The molecule has 0 bridgehead atoms. The van der Waals surface area contributed by atoms with Crippen LogP contribution in [0.1, 0.15) is 47.0 Å². The van der Waals surface area contributed by atoms with Crippen LogP contribution < -0.4 is 0 Å². The van der Waals surface area contributed by atoms with E-state index in [1.54, 1.807) is 16.7 Å². The van der Waals surface area contributed by atoms with E-state index in [0.29, 0.717) is 51.9 Å². The van der Waals surface area contributed by atoms with Crippen LogP contribution >= 0.6 is 0 Å². The maximum Gasteiger partial charge on any atom is 0.409 e. The quantitative estimate of drug-likeness (QED) is 0.622. The Bertz CT molecular complexity index is 569. The zero-order chi connectivity index (χ0) is 21.4. The molecule has 2 unspecified atom stereocenters. The first-order valence-electron chi connectivity index (χ1n) is 10.9. The predicted octanol–water partition coefficient (Wildman–Crippen LogP) is 1.98. The molecule has 2 rings (SSSR count). The molecule has 0 radical (unpaired) electrons. The summed E-state index contributed by atoms with van der Waals surface area (Å²) in [7, 11) is 0. The zero-order valence-corrected chi connectivity index (χ0v) is 18.4. The normalized spacial score (nSPS) is 22.2. The molecule has 0 aromatic heterocycles. The molecule has 2 aliphatic heterocycles. The molecule has 0 aliphatic carbocycles. The van der Waals surface area contributed by atoms with Crippen molar-refractivity contribution in [2.75, 3.05) is 52.5 Å². The van der Waals surface area contributed by atoms with E-state index in [2.05, 4.69) is 4.90 Å². The highest BCUT2D eigenvalue weighted by atomic mass is 16.6. The lowest BCUT2D eigenvalue weighted by Crippen LogP contribution is -2.52. The van der Waals surface area contributed by atoms with Crippen molar-refractivity contribution in [2.24, 2.45) is 11.8 Å². The largest absolute Gasteiger partial charge is 0.466 e. The Kier molecular flexibility index (Phi) is 9.20. The first-order valence-corrected chi connectivity index (χ1v) is 10.9. The van der Waals surface area contributed by atoms with Gasteiger partial charge in [0, 0.05) is 39.3 Å². The van der Waals surface area contributed by atoms with Crippen molar-refractivity contribution in [3.05, 3.63) is 0 Å². The molecule has 2 amide bonds. The Hall–Kier alpha value is -1.83. The summed E-state index contributed by atoms with van der Waals surface area (Å²) in [5.74, 6) is -0.0731. The molecule has 2 fully saturated rings. The highest BCUT2D eigenvalue weighted by molar-refractivity contribution is 5.82. The average Bonchev–Trinajstić information content (AvgIpc) is 2.97. The first kappa shape index (κ1) is 23.4. The van der Waals surface area contributed by atoms with Gasteiger partial charge in [0.1, 0.15) is 0 Å². The number of carbonyl (C=O) groups is 3. The van der Waals surface area contributed by atoms with Gasteiger partial charge in [-0.1, -0.05) is 13.8 Å². The highest BCUT2D eigenvalue weighted by Gasteiger charge is 2.33. The molecule has 0 N–H and O–H groups in total. The summed E-state index contributed by atoms with van der Waals surface area (Å²) in [5, 5.41) is 0. The monoisotopic (exact) mass is 411 g/mol. The van der Waals surface area contributed by atoms with Crippen molar-refractivity contribution in [2.45, 2.75) is 53.0 Å². The summed E-state index contributed by atoms with van der Waals surface area (Å²) in [6, 6.07) is -0.275. The van der Waals surface area contributed by atoms with E-state index >= 15 is 0 Å². The van der Waals surface area contributed by atoms with Crippen LogP contribution in [0.15, 0.2) is 0 Å². The second kappa shape index (κ2) is 11.4. The number of ether oxygens (including phenoxy) is 2. The zero-order valence-electron chi connectivity index (χ0n) is 18.4. The topological polar surface area (TPSA) is 79.4 Å². The van der Waals surface area contributed by atoms with Gasteiger partial charge >= 0.3 is 12.1 Å². The summed E-state index contributed by atoms with van der Waals surface area (Å²) in [4.78, 5) is 43.0. The van der Waals surface area contributed by atoms with Crippen molar-refractivity contribution in [1.82, 2.24) is 14.7 Å². The second-order valence-electron chi connectivity index (χ2n) is 8.40. The molecule has 0 saturated carbocycles. The van der Waals surface area contributed by atoms with Crippen LogP contribution in [0.2, 0.25) is 0 Å². The van der Waals surface area contributed by atoms with Crippen molar-refractivity contribution >= 4 is 18.0 Å². The van der Waals surface area contributed by atoms with Gasteiger partial charge in [0.25, 0.3) is 0 Å². The average molecular weight is 412 g/mol. The Morgan fingerprint density at radius 2 is 1.66 bits per heavy atom. The van der Waals surface area contributed by atoms with Gasteiger partial charge in [-0.3, -0.25) is 14.5 Å². The van der Waals surface area contributed by atoms with Crippen molar-refractivity contribution in [1.29, 1.82) is 0 Å². The molecule has 2 saturated heterocycles. The van der Waals surface area contributed by atoms with Gasteiger partial charge < -0.3 is 19.3 Å². The van der Waals surface area contributed by atoms with Crippen LogP contribution in [0.25, 0.3) is 0 Å². The fraction of sp³-hybridized carbons (Fsp3) is 0.857. The summed E-state index contributed by atoms with van der Waals surface area (Å²) in [6.45, 7) is 12.2. The Morgan fingerprint density at radius 3 is 2.34 bits per heavy atom. The van der Waals surface area contributed by atoms with Gasteiger partial charge in [-0.15, -0.1) is 0 Å². The molecular formula is C21H37N3O5. The minimum absolute atomic E-state index is 0.0508. The molecule has 0 aromatic rings. The van der Waals surface area contributed by atoms with E-state index in [1.807, 2.05) is 20.8 Å². The van der Waals surface area contributed by atoms with Crippen LogP contribution in [-0.4, -0.2) is 91.2 Å². The van der Waals surface area contributed by atoms with E-state index in [9.17, 15) is 14.4 Å². The second-order valence-corrected chi connectivity index (χ2v) is 8.40. The van der Waals surface area contributed by atoms with Gasteiger partial charge in [0.2, 0.25) is 5.91 Å². The number of hydrogen-bond donors (Lipinski definition) is 0. The fourth-order valence-corrected chi connectivity index (χ4v) is 3.89. The Morgan fingerprint density at radius 1 is 0.931 bits per heavy atom. The molecule has 0 aromatic carbocycles. The minimum Gasteiger partial charge on any atom is -0.466 e. The molecule has 29 heavy (non-hydrogen) atoms. The molecule has 2 heterocycles.